The van der Waals surface area contributed by atoms with Gasteiger partial charge in [-0.3, -0.25) is 0 Å². The molecule has 0 saturated heterocycles. The van der Waals surface area contributed by atoms with Crippen LogP contribution in [-0.4, -0.2) is 15.0 Å². The zero-order valence-corrected chi connectivity index (χ0v) is 9.41. The van der Waals surface area contributed by atoms with E-state index < -0.39 is 5.82 Å². The minimum absolute atomic E-state index is 0.0609. The van der Waals surface area contributed by atoms with Crippen LogP contribution in [-0.2, 0) is 0 Å². The second-order valence-corrected chi connectivity index (χ2v) is 4.35. The van der Waals surface area contributed by atoms with E-state index in [-0.39, 0.29) is 11.6 Å². The van der Waals surface area contributed by atoms with Gasteiger partial charge in [0.2, 0.25) is 5.95 Å². The Labute approximate surface area is 100.0 Å². The summed E-state index contributed by atoms with van der Waals surface area (Å²) in [7, 11) is 0. The maximum atomic E-state index is 13.6. The van der Waals surface area contributed by atoms with E-state index in [9.17, 15) is 4.39 Å². The Bertz CT molecular complexity index is 695. The lowest BCUT2D eigenvalue weighted by Gasteiger charge is -2.02. The highest BCUT2D eigenvalue weighted by molar-refractivity contribution is 7.16. The fourth-order valence-electron chi connectivity index (χ4n) is 1.59. The number of halogens is 1. The Hall–Kier alpha value is -2.08. The maximum Gasteiger partial charge on any atom is 0.220 e. The lowest BCUT2D eigenvalue weighted by atomic mass is 10.1. The van der Waals surface area contributed by atoms with E-state index in [0.717, 1.165) is 16.4 Å². The van der Waals surface area contributed by atoms with Gasteiger partial charge in [-0.1, -0.05) is 6.07 Å². The molecule has 2 heterocycles. The van der Waals surface area contributed by atoms with E-state index in [1.807, 2.05) is 12.1 Å². The Morgan fingerprint density at radius 2 is 2.12 bits per heavy atom. The van der Waals surface area contributed by atoms with Gasteiger partial charge in [0.15, 0.2) is 5.82 Å². The monoisotopic (exact) mass is 246 g/mol. The molecule has 0 aliphatic rings. The van der Waals surface area contributed by atoms with Crippen LogP contribution >= 0.6 is 11.3 Å². The van der Waals surface area contributed by atoms with Crippen molar-refractivity contribution in [1.82, 2.24) is 15.0 Å². The average Bonchev–Trinajstić information content (AvgIpc) is 2.79. The third-order valence-electron chi connectivity index (χ3n) is 2.37. The number of rotatable bonds is 1. The molecule has 0 aliphatic carbocycles. The highest BCUT2D eigenvalue weighted by Crippen LogP contribution is 2.26. The van der Waals surface area contributed by atoms with Crippen molar-refractivity contribution in [3.05, 3.63) is 35.7 Å². The molecule has 0 bridgehead atoms. The predicted octanol–water partition coefficient (Wildman–Crippen LogP) is 2.47. The molecule has 0 unspecified atom stereocenters. The SMILES string of the molecule is Nc1ncc(F)c(-c2ccc3ncsc3c2)n1. The summed E-state index contributed by atoms with van der Waals surface area (Å²) in [4.78, 5) is 11.7. The van der Waals surface area contributed by atoms with Crippen molar-refractivity contribution in [2.75, 3.05) is 5.73 Å². The predicted molar refractivity (Wildman–Crippen MR) is 65.0 cm³/mol. The van der Waals surface area contributed by atoms with Gasteiger partial charge in [0.05, 0.1) is 21.9 Å². The minimum atomic E-state index is -0.483. The molecule has 3 rings (SSSR count). The largest absolute Gasteiger partial charge is 0.368 e. The third kappa shape index (κ3) is 1.72. The number of aromatic nitrogens is 3. The molecule has 1 aromatic carbocycles. The summed E-state index contributed by atoms with van der Waals surface area (Å²) in [6.07, 6.45) is 1.08. The topological polar surface area (TPSA) is 64.7 Å². The number of fused-ring (bicyclic) bond motifs is 1. The van der Waals surface area contributed by atoms with Crippen molar-refractivity contribution in [1.29, 1.82) is 0 Å². The van der Waals surface area contributed by atoms with Gasteiger partial charge in [-0.25, -0.2) is 19.3 Å². The molecule has 17 heavy (non-hydrogen) atoms. The van der Waals surface area contributed by atoms with Crippen molar-refractivity contribution in [2.45, 2.75) is 0 Å². The van der Waals surface area contributed by atoms with E-state index in [0.29, 0.717) is 5.56 Å². The van der Waals surface area contributed by atoms with Gasteiger partial charge in [-0.15, -0.1) is 11.3 Å². The molecule has 3 aromatic rings. The van der Waals surface area contributed by atoms with Crippen LogP contribution in [0.1, 0.15) is 0 Å². The summed E-state index contributed by atoms with van der Waals surface area (Å²) in [5.74, 6) is -0.422. The van der Waals surface area contributed by atoms with Crippen molar-refractivity contribution < 1.29 is 4.39 Å². The van der Waals surface area contributed by atoms with E-state index in [4.69, 9.17) is 5.73 Å². The van der Waals surface area contributed by atoms with Crippen molar-refractivity contribution in [2.24, 2.45) is 0 Å². The Morgan fingerprint density at radius 1 is 1.24 bits per heavy atom. The number of hydrogen-bond acceptors (Lipinski definition) is 5. The third-order valence-corrected chi connectivity index (χ3v) is 3.16. The number of benzene rings is 1. The van der Waals surface area contributed by atoms with Gasteiger partial charge in [-0.2, -0.15) is 0 Å². The Balaban J connectivity index is 2.22. The molecule has 0 aliphatic heterocycles. The van der Waals surface area contributed by atoms with Gasteiger partial charge < -0.3 is 5.73 Å². The molecule has 0 radical (unpaired) electrons. The van der Waals surface area contributed by atoms with Gasteiger partial charge >= 0.3 is 0 Å². The molecule has 0 fully saturated rings. The zero-order valence-electron chi connectivity index (χ0n) is 8.59. The van der Waals surface area contributed by atoms with E-state index in [2.05, 4.69) is 15.0 Å². The van der Waals surface area contributed by atoms with Crippen LogP contribution in [0.15, 0.2) is 29.9 Å². The standard InChI is InChI=1S/C11H7FN4S/c12-7-4-14-11(13)16-10(7)6-1-2-8-9(3-6)17-5-15-8/h1-5H,(H2,13,14,16). The fraction of sp³-hybridized carbons (Fsp3) is 0. The normalized spacial score (nSPS) is 10.9. The lowest BCUT2D eigenvalue weighted by Crippen LogP contribution is -1.98. The van der Waals surface area contributed by atoms with Gasteiger partial charge in [-0.05, 0) is 12.1 Å². The van der Waals surface area contributed by atoms with Crippen LogP contribution in [0.4, 0.5) is 10.3 Å². The second kappa shape index (κ2) is 3.74. The number of hydrogen-bond donors (Lipinski definition) is 1. The van der Waals surface area contributed by atoms with Crippen molar-refractivity contribution in [3.63, 3.8) is 0 Å². The van der Waals surface area contributed by atoms with Gasteiger partial charge in [0.25, 0.3) is 0 Å². The molecule has 0 spiro atoms. The molecule has 84 valence electrons. The molecular weight excluding hydrogens is 239 g/mol. The summed E-state index contributed by atoms with van der Waals surface area (Å²) in [6.45, 7) is 0. The first-order valence-corrected chi connectivity index (χ1v) is 5.73. The number of nitrogen functional groups attached to an aromatic ring is 1. The zero-order chi connectivity index (χ0) is 11.8. The molecule has 0 amide bonds. The number of nitrogens with two attached hydrogens (primary N) is 1. The molecular formula is C11H7FN4S. The highest BCUT2D eigenvalue weighted by atomic mass is 32.1. The van der Waals surface area contributed by atoms with Gasteiger partial charge in [0, 0.05) is 5.56 Å². The first-order chi connectivity index (χ1) is 8.24. The first kappa shape index (κ1) is 10.1. The molecule has 2 N–H and O–H groups in total. The number of thiazole rings is 1. The molecule has 0 atom stereocenters. The number of nitrogens with zero attached hydrogens (tertiary/aromatic N) is 3. The smallest absolute Gasteiger partial charge is 0.220 e. The summed E-state index contributed by atoms with van der Waals surface area (Å²) in [6, 6.07) is 5.45. The summed E-state index contributed by atoms with van der Waals surface area (Å²) >= 11 is 1.50. The lowest BCUT2D eigenvalue weighted by molar-refractivity contribution is 0.619. The Morgan fingerprint density at radius 3 is 3.00 bits per heavy atom. The van der Waals surface area contributed by atoms with Gasteiger partial charge in [0.1, 0.15) is 5.69 Å². The fourth-order valence-corrected chi connectivity index (χ4v) is 2.30. The second-order valence-electron chi connectivity index (χ2n) is 3.46. The number of anilines is 1. The van der Waals surface area contributed by atoms with Crippen LogP contribution in [0.3, 0.4) is 0 Å². The minimum Gasteiger partial charge on any atom is -0.368 e. The Kier molecular flexibility index (Phi) is 2.22. The van der Waals surface area contributed by atoms with E-state index in [1.165, 1.54) is 11.3 Å². The van der Waals surface area contributed by atoms with Crippen LogP contribution in [0.25, 0.3) is 21.5 Å². The van der Waals surface area contributed by atoms with E-state index in [1.54, 1.807) is 11.6 Å². The molecule has 0 saturated carbocycles. The van der Waals surface area contributed by atoms with E-state index >= 15 is 0 Å². The molecule has 4 nitrogen and oxygen atoms in total. The van der Waals surface area contributed by atoms with Crippen molar-refractivity contribution in [3.8, 4) is 11.3 Å². The molecule has 6 heteroatoms. The quantitative estimate of drug-likeness (QED) is 0.716. The van der Waals surface area contributed by atoms with Crippen LogP contribution in [0, 0.1) is 5.82 Å². The van der Waals surface area contributed by atoms with Crippen LogP contribution in [0.2, 0.25) is 0 Å². The first-order valence-electron chi connectivity index (χ1n) is 4.86. The summed E-state index contributed by atoms with van der Waals surface area (Å²) in [5.41, 5.74) is 8.99. The summed E-state index contributed by atoms with van der Waals surface area (Å²) in [5, 5.41) is 0. The average molecular weight is 246 g/mol. The van der Waals surface area contributed by atoms with Crippen LogP contribution in [0.5, 0.6) is 0 Å². The van der Waals surface area contributed by atoms with Crippen LogP contribution < -0.4 is 5.73 Å². The van der Waals surface area contributed by atoms with Crippen molar-refractivity contribution >= 4 is 27.5 Å². The summed E-state index contributed by atoms with van der Waals surface area (Å²) < 4.78 is 14.6. The highest BCUT2D eigenvalue weighted by Gasteiger charge is 2.09. The maximum absolute atomic E-state index is 13.6. The molecule has 2 aromatic heterocycles.